The molecule has 2 aromatic carbocycles. The Kier molecular flexibility index (Phi) is 5.12. The lowest BCUT2D eigenvalue weighted by Crippen LogP contribution is -2.26. The standard InChI is InChI=1S/C22H20FN3O3/c1-13(14-7-9-18(10-8-14)25-21(27)15-5-6-15)24-22(28)20-12-19(26-29-20)16-3-2-4-17(23)11-16/h2-4,7-13,15H,5-6H2,1H3,(H,24,28)(H,25,27). The smallest absolute Gasteiger partial charge is 0.290 e. The van der Waals surface area contributed by atoms with Crippen LogP contribution >= 0.6 is 0 Å². The molecule has 2 N–H and O–H groups in total. The molecule has 1 atom stereocenters. The first kappa shape index (κ1) is 18.9. The molecule has 1 aliphatic rings. The number of benzene rings is 2. The summed E-state index contributed by atoms with van der Waals surface area (Å²) in [6.45, 7) is 1.85. The van der Waals surface area contributed by atoms with Crippen molar-refractivity contribution in [3.8, 4) is 11.3 Å². The molecule has 0 aliphatic heterocycles. The molecule has 1 saturated carbocycles. The first-order valence-electron chi connectivity index (χ1n) is 9.44. The number of hydrogen-bond acceptors (Lipinski definition) is 4. The number of rotatable bonds is 6. The number of aromatic nitrogens is 1. The third kappa shape index (κ3) is 4.51. The van der Waals surface area contributed by atoms with E-state index in [0.717, 1.165) is 24.1 Å². The zero-order chi connectivity index (χ0) is 20.4. The summed E-state index contributed by atoms with van der Waals surface area (Å²) in [5, 5.41) is 9.57. The highest BCUT2D eigenvalue weighted by atomic mass is 19.1. The van der Waals surface area contributed by atoms with Crippen LogP contribution in [0.25, 0.3) is 11.3 Å². The van der Waals surface area contributed by atoms with Gasteiger partial charge in [-0.1, -0.05) is 29.4 Å². The molecule has 1 heterocycles. The number of hydrogen-bond donors (Lipinski definition) is 2. The van der Waals surface area contributed by atoms with Crippen molar-refractivity contribution in [1.82, 2.24) is 10.5 Å². The van der Waals surface area contributed by atoms with Crippen LogP contribution < -0.4 is 10.6 Å². The van der Waals surface area contributed by atoms with Gasteiger partial charge in [0.25, 0.3) is 5.91 Å². The molecule has 0 radical (unpaired) electrons. The molecular formula is C22H20FN3O3. The number of halogens is 1. The van der Waals surface area contributed by atoms with Crippen molar-refractivity contribution in [3.05, 3.63) is 71.7 Å². The van der Waals surface area contributed by atoms with Crippen LogP contribution in [0, 0.1) is 11.7 Å². The number of carbonyl (C=O) groups excluding carboxylic acids is 2. The summed E-state index contributed by atoms with van der Waals surface area (Å²) in [4.78, 5) is 24.3. The summed E-state index contributed by atoms with van der Waals surface area (Å²) >= 11 is 0. The van der Waals surface area contributed by atoms with Crippen molar-refractivity contribution in [2.45, 2.75) is 25.8 Å². The molecular weight excluding hydrogens is 373 g/mol. The van der Waals surface area contributed by atoms with Crippen LogP contribution in [-0.4, -0.2) is 17.0 Å². The van der Waals surface area contributed by atoms with E-state index in [-0.39, 0.29) is 29.4 Å². The Labute approximate surface area is 167 Å². The van der Waals surface area contributed by atoms with E-state index >= 15 is 0 Å². The minimum absolute atomic E-state index is 0.0458. The van der Waals surface area contributed by atoms with Gasteiger partial charge in [-0.25, -0.2) is 4.39 Å². The predicted molar refractivity (Wildman–Crippen MR) is 106 cm³/mol. The predicted octanol–water partition coefficient (Wildman–Crippen LogP) is 4.32. The monoisotopic (exact) mass is 393 g/mol. The second-order valence-corrected chi connectivity index (χ2v) is 7.17. The number of nitrogens with one attached hydrogen (secondary N) is 2. The fourth-order valence-electron chi connectivity index (χ4n) is 2.96. The third-order valence-electron chi connectivity index (χ3n) is 4.83. The van der Waals surface area contributed by atoms with Gasteiger partial charge in [0.1, 0.15) is 11.5 Å². The normalized spacial score (nSPS) is 14.3. The van der Waals surface area contributed by atoms with Gasteiger partial charge >= 0.3 is 0 Å². The minimum Gasteiger partial charge on any atom is -0.350 e. The van der Waals surface area contributed by atoms with Crippen molar-refractivity contribution in [1.29, 1.82) is 0 Å². The lowest BCUT2D eigenvalue weighted by Gasteiger charge is -2.14. The molecule has 148 valence electrons. The lowest BCUT2D eigenvalue weighted by atomic mass is 10.1. The SMILES string of the molecule is CC(NC(=O)c1cc(-c2cccc(F)c2)no1)c1ccc(NC(=O)C2CC2)cc1. The quantitative estimate of drug-likeness (QED) is 0.653. The molecule has 4 rings (SSSR count). The van der Waals surface area contributed by atoms with Crippen LogP contribution in [0.3, 0.4) is 0 Å². The average molecular weight is 393 g/mol. The van der Waals surface area contributed by atoms with Crippen LogP contribution in [-0.2, 0) is 4.79 Å². The first-order chi connectivity index (χ1) is 14.0. The van der Waals surface area contributed by atoms with Crippen molar-refractivity contribution >= 4 is 17.5 Å². The van der Waals surface area contributed by atoms with E-state index in [1.54, 1.807) is 12.1 Å². The van der Waals surface area contributed by atoms with E-state index in [0.29, 0.717) is 11.3 Å². The Morgan fingerprint density at radius 3 is 2.59 bits per heavy atom. The maximum atomic E-state index is 13.4. The topological polar surface area (TPSA) is 84.2 Å². The van der Waals surface area contributed by atoms with E-state index in [9.17, 15) is 14.0 Å². The van der Waals surface area contributed by atoms with Gasteiger partial charge in [0.15, 0.2) is 0 Å². The van der Waals surface area contributed by atoms with Gasteiger partial charge in [-0.2, -0.15) is 0 Å². The van der Waals surface area contributed by atoms with Crippen LogP contribution in [0.1, 0.15) is 41.9 Å². The van der Waals surface area contributed by atoms with Crippen molar-refractivity contribution in [2.24, 2.45) is 5.92 Å². The van der Waals surface area contributed by atoms with E-state index in [2.05, 4.69) is 15.8 Å². The molecule has 0 saturated heterocycles. The highest BCUT2D eigenvalue weighted by molar-refractivity contribution is 5.94. The molecule has 1 fully saturated rings. The Morgan fingerprint density at radius 1 is 1.14 bits per heavy atom. The van der Waals surface area contributed by atoms with Crippen LogP contribution in [0.5, 0.6) is 0 Å². The molecule has 0 bridgehead atoms. The summed E-state index contributed by atoms with van der Waals surface area (Å²) < 4.78 is 18.5. The Hall–Kier alpha value is -3.48. The summed E-state index contributed by atoms with van der Waals surface area (Å²) in [5.74, 6) is -0.560. The Morgan fingerprint density at radius 2 is 1.90 bits per heavy atom. The molecule has 2 amide bonds. The molecule has 0 spiro atoms. The summed E-state index contributed by atoms with van der Waals surface area (Å²) in [6.07, 6.45) is 1.91. The van der Waals surface area contributed by atoms with Crippen molar-refractivity contribution < 1.29 is 18.5 Å². The molecule has 1 aliphatic carbocycles. The number of nitrogens with zero attached hydrogens (tertiary/aromatic N) is 1. The fourth-order valence-corrected chi connectivity index (χ4v) is 2.96. The fraction of sp³-hybridized carbons (Fsp3) is 0.227. The molecule has 1 aromatic heterocycles. The maximum absolute atomic E-state index is 13.4. The zero-order valence-corrected chi connectivity index (χ0v) is 15.8. The highest BCUT2D eigenvalue weighted by Gasteiger charge is 2.29. The van der Waals surface area contributed by atoms with Gasteiger partial charge in [-0.15, -0.1) is 0 Å². The van der Waals surface area contributed by atoms with Crippen molar-refractivity contribution in [2.75, 3.05) is 5.32 Å². The second kappa shape index (κ2) is 7.87. The van der Waals surface area contributed by atoms with Gasteiger partial charge in [0.05, 0.1) is 6.04 Å². The van der Waals surface area contributed by atoms with Gasteiger partial charge in [0.2, 0.25) is 11.7 Å². The van der Waals surface area contributed by atoms with Gasteiger partial charge < -0.3 is 15.2 Å². The number of carbonyl (C=O) groups is 2. The molecule has 6 nitrogen and oxygen atoms in total. The van der Waals surface area contributed by atoms with E-state index in [1.807, 2.05) is 31.2 Å². The minimum atomic E-state index is -0.418. The van der Waals surface area contributed by atoms with E-state index in [1.165, 1.54) is 18.2 Å². The van der Waals surface area contributed by atoms with Gasteiger partial charge in [-0.3, -0.25) is 9.59 Å². The largest absolute Gasteiger partial charge is 0.350 e. The summed E-state index contributed by atoms with van der Waals surface area (Å²) in [5.41, 5.74) is 2.54. The Bertz CT molecular complexity index is 1040. The van der Waals surface area contributed by atoms with Crippen LogP contribution in [0.4, 0.5) is 10.1 Å². The summed E-state index contributed by atoms with van der Waals surface area (Å²) in [6, 6.07) is 14.5. The highest BCUT2D eigenvalue weighted by Crippen LogP contribution is 2.30. The molecule has 1 unspecified atom stereocenters. The zero-order valence-electron chi connectivity index (χ0n) is 15.8. The van der Waals surface area contributed by atoms with Crippen LogP contribution in [0.2, 0.25) is 0 Å². The van der Waals surface area contributed by atoms with E-state index in [4.69, 9.17) is 4.52 Å². The second-order valence-electron chi connectivity index (χ2n) is 7.17. The molecule has 3 aromatic rings. The van der Waals surface area contributed by atoms with Gasteiger partial charge in [-0.05, 0) is 49.6 Å². The van der Waals surface area contributed by atoms with Crippen molar-refractivity contribution in [3.63, 3.8) is 0 Å². The Balaban J connectivity index is 1.38. The number of amides is 2. The van der Waals surface area contributed by atoms with E-state index < -0.39 is 5.91 Å². The maximum Gasteiger partial charge on any atom is 0.290 e. The molecule has 29 heavy (non-hydrogen) atoms. The molecule has 7 heteroatoms. The average Bonchev–Trinajstić information content (AvgIpc) is 3.45. The number of anilines is 1. The summed E-state index contributed by atoms with van der Waals surface area (Å²) in [7, 11) is 0. The first-order valence-corrected chi connectivity index (χ1v) is 9.44. The van der Waals surface area contributed by atoms with Crippen LogP contribution in [0.15, 0.2) is 59.1 Å². The lowest BCUT2D eigenvalue weighted by molar-refractivity contribution is -0.117. The van der Waals surface area contributed by atoms with Gasteiger partial charge in [0, 0.05) is 23.2 Å². The third-order valence-corrected chi connectivity index (χ3v) is 4.83.